The number of nitrogens with one attached hydrogen (secondary N) is 1. The molecule has 1 heterocycles. The van der Waals surface area contributed by atoms with Crippen molar-refractivity contribution in [3.63, 3.8) is 0 Å². The van der Waals surface area contributed by atoms with Crippen molar-refractivity contribution in [1.29, 1.82) is 0 Å². The molecule has 1 fully saturated rings. The summed E-state index contributed by atoms with van der Waals surface area (Å²) < 4.78 is 10.0. The van der Waals surface area contributed by atoms with E-state index in [0.717, 1.165) is 5.69 Å². The molecule has 0 unspecified atom stereocenters. The maximum Gasteiger partial charge on any atom is 0.337 e. The summed E-state index contributed by atoms with van der Waals surface area (Å²) in [7, 11) is 2.94. The van der Waals surface area contributed by atoms with Gasteiger partial charge in [-0.15, -0.1) is 0 Å². The number of carbonyl (C=O) groups is 2. The number of hydrogen-bond acceptors (Lipinski definition) is 5. The van der Waals surface area contributed by atoms with Crippen molar-refractivity contribution >= 4 is 23.4 Å². The van der Waals surface area contributed by atoms with Crippen LogP contribution >= 0.6 is 0 Å². The zero-order valence-corrected chi connectivity index (χ0v) is 15.5. The predicted molar refractivity (Wildman–Crippen MR) is 104 cm³/mol. The van der Waals surface area contributed by atoms with Gasteiger partial charge in [-0.2, -0.15) is 0 Å². The van der Waals surface area contributed by atoms with Crippen molar-refractivity contribution in [2.24, 2.45) is 0 Å². The molecule has 0 atom stereocenters. The normalized spacial score (nSPS) is 13.9. The number of nitrogens with zero attached hydrogens (tertiary/aromatic N) is 2. The number of ether oxygens (including phenoxy) is 2. The molecule has 142 valence electrons. The Kier molecular flexibility index (Phi) is 5.80. The molecule has 27 heavy (non-hydrogen) atoms. The van der Waals surface area contributed by atoms with Crippen LogP contribution in [0.25, 0.3) is 0 Å². The number of esters is 1. The predicted octanol–water partition coefficient (Wildman–Crippen LogP) is 2.84. The van der Waals surface area contributed by atoms with Gasteiger partial charge in [0.1, 0.15) is 5.75 Å². The highest BCUT2D eigenvalue weighted by Gasteiger charge is 2.22. The smallest absolute Gasteiger partial charge is 0.337 e. The molecule has 7 heteroatoms. The summed E-state index contributed by atoms with van der Waals surface area (Å²) in [5.41, 5.74) is 2.12. The molecular formula is C20H23N3O4. The van der Waals surface area contributed by atoms with E-state index in [4.69, 9.17) is 9.47 Å². The minimum atomic E-state index is -0.355. The van der Waals surface area contributed by atoms with Crippen LogP contribution in [0.4, 0.5) is 16.2 Å². The summed E-state index contributed by atoms with van der Waals surface area (Å²) in [4.78, 5) is 28.2. The molecule has 0 saturated carbocycles. The lowest BCUT2D eigenvalue weighted by Crippen LogP contribution is -2.50. The molecule has 2 amide bonds. The largest absolute Gasteiger partial charge is 0.495 e. The van der Waals surface area contributed by atoms with Gasteiger partial charge in [-0.25, -0.2) is 9.59 Å². The molecule has 1 aliphatic heterocycles. The van der Waals surface area contributed by atoms with Gasteiger partial charge < -0.3 is 24.6 Å². The minimum Gasteiger partial charge on any atom is -0.495 e. The van der Waals surface area contributed by atoms with E-state index in [9.17, 15) is 9.59 Å². The second-order valence-corrected chi connectivity index (χ2v) is 6.15. The van der Waals surface area contributed by atoms with Crippen LogP contribution in [0.1, 0.15) is 10.4 Å². The Morgan fingerprint density at radius 2 is 1.70 bits per heavy atom. The lowest BCUT2D eigenvalue weighted by atomic mass is 10.1. The highest BCUT2D eigenvalue weighted by atomic mass is 16.5. The summed E-state index contributed by atoms with van der Waals surface area (Å²) in [5, 5.41) is 2.90. The van der Waals surface area contributed by atoms with E-state index in [1.165, 1.54) is 7.11 Å². The second-order valence-electron chi connectivity index (χ2n) is 6.15. The number of urea groups is 1. The van der Waals surface area contributed by atoms with Crippen molar-refractivity contribution in [3.05, 3.63) is 54.1 Å². The molecule has 0 aliphatic carbocycles. The lowest BCUT2D eigenvalue weighted by molar-refractivity contribution is 0.0600. The Balaban J connectivity index is 1.60. The van der Waals surface area contributed by atoms with E-state index in [0.29, 0.717) is 43.2 Å². The number of amides is 2. The molecule has 1 aliphatic rings. The number of carbonyl (C=O) groups excluding carboxylic acids is 2. The standard InChI is InChI=1S/C20H23N3O4/c1-26-18-9-4-3-8-17(18)21-20(25)23-12-10-22(11-13-23)16-7-5-6-15(14-16)19(24)27-2/h3-9,14H,10-13H2,1-2H3,(H,21,25). The molecule has 2 aromatic rings. The van der Waals surface area contributed by atoms with Gasteiger partial charge in [0.25, 0.3) is 0 Å². The first-order valence-corrected chi connectivity index (χ1v) is 8.74. The van der Waals surface area contributed by atoms with Crippen LogP contribution in [0.2, 0.25) is 0 Å². The average Bonchev–Trinajstić information content (AvgIpc) is 2.73. The third-order valence-corrected chi connectivity index (χ3v) is 4.55. The van der Waals surface area contributed by atoms with Crippen molar-refractivity contribution in [2.75, 3.05) is 50.6 Å². The second kappa shape index (κ2) is 8.44. The van der Waals surface area contributed by atoms with E-state index in [1.807, 2.05) is 42.5 Å². The van der Waals surface area contributed by atoms with Gasteiger partial charge in [-0.3, -0.25) is 0 Å². The van der Waals surface area contributed by atoms with Crippen LogP contribution in [0.5, 0.6) is 5.75 Å². The van der Waals surface area contributed by atoms with Crippen molar-refractivity contribution in [1.82, 2.24) is 4.90 Å². The van der Waals surface area contributed by atoms with E-state index in [-0.39, 0.29) is 12.0 Å². The zero-order valence-electron chi connectivity index (χ0n) is 15.5. The molecule has 0 bridgehead atoms. The third-order valence-electron chi connectivity index (χ3n) is 4.55. The maximum atomic E-state index is 12.5. The Morgan fingerprint density at radius 3 is 2.41 bits per heavy atom. The SMILES string of the molecule is COC(=O)c1cccc(N2CCN(C(=O)Nc3ccccc3OC)CC2)c1. The highest BCUT2D eigenvalue weighted by Crippen LogP contribution is 2.24. The summed E-state index contributed by atoms with van der Waals surface area (Å²) in [5.74, 6) is 0.274. The van der Waals surface area contributed by atoms with Crippen LogP contribution in [0.3, 0.4) is 0 Å². The van der Waals surface area contributed by atoms with Gasteiger partial charge in [-0.1, -0.05) is 18.2 Å². The number of methoxy groups -OCH3 is 2. The fraction of sp³-hybridized carbons (Fsp3) is 0.300. The summed E-state index contributed by atoms with van der Waals surface area (Å²) in [6, 6.07) is 14.5. The summed E-state index contributed by atoms with van der Waals surface area (Å²) in [6.07, 6.45) is 0. The van der Waals surface area contributed by atoms with Crippen LogP contribution in [-0.2, 0) is 4.74 Å². The number of benzene rings is 2. The fourth-order valence-electron chi connectivity index (χ4n) is 3.06. The minimum absolute atomic E-state index is 0.150. The first kappa shape index (κ1) is 18.6. The van der Waals surface area contributed by atoms with Crippen molar-refractivity contribution in [3.8, 4) is 5.75 Å². The highest BCUT2D eigenvalue weighted by molar-refractivity contribution is 5.91. The van der Waals surface area contributed by atoms with Gasteiger partial charge in [0.05, 0.1) is 25.5 Å². The molecule has 0 radical (unpaired) electrons. The molecule has 0 aromatic heterocycles. The van der Waals surface area contributed by atoms with E-state index < -0.39 is 0 Å². The van der Waals surface area contributed by atoms with Gasteiger partial charge >= 0.3 is 12.0 Å². The molecule has 0 spiro atoms. The Bertz CT molecular complexity index is 816. The monoisotopic (exact) mass is 369 g/mol. The fourth-order valence-corrected chi connectivity index (χ4v) is 3.06. The van der Waals surface area contributed by atoms with Crippen LogP contribution in [0, 0.1) is 0 Å². The first-order chi connectivity index (χ1) is 13.1. The zero-order chi connectivity index (χ0) is 19.2. The summed E-state index contributed by atoms with van der Waals surface area (Å²) >= 11 is 0. The van der Waals surface area contributed by atoms with Crippen LogP contribution in [0.15, 0.2) is 48.5 Å². The molecule has 1 saturated heterocycles. The summed E-state index contributed by atoms with van der Waals surface area (Å²) in [6.45, 7) is 2.54. The Hall–Kier alpha value is -3.22. The number of piperazine rings is 1. The number of anilines is 2. The number of hydrogen-bond donors (Lipinski definition) is 1. The third kappa shape index (κ3) is 4.31. The van der Waals surface area contributed by atoms with Gasteiger partial charge in [0.2, 0.25) is 0 Å². The van der Waals surface area contributed by atoms with E-state index in [1.54, 1.807) is 18.1 Å². The van der Waals surface area contributed by atoms with Crippen molar-refractivity contribution in [2.45, 2.75) is 0 Å². The Morgan fingerprint density at radius 1 is 0.963 bits per heavy atom. The molecule has 3 rings (SSSR count). The molecule has 7 nitrogen and oxygen atoms in total. The van der Waals surface area contributed by atoms with Gasteiger partial charge in [-0.05, 0) is 30.3 Å². The van der Waals surface area contributed by atoms with Crippen LogP contribution < -0.4 is 15.0 Å². The Labute approximate surface area is 158 Å². The lowest BCUT2D eigenvalue weighted by Gasteiger charge is -2.36. The van der Waals surface area contributed by atoms with Crippen molar-refractivity contribution < 1.29 is 19.1 Å². The van der Waals surface area contributed by atoms with E-state index in [2.05, 4.69) is 10.2 Å². The van der Waals surface area contributed by atoms with Gasteiger partial charge in [0.15, 0.2) is 0 Å². The van der Waals surface area contributed by atoms with Crippen LogP contribution in [-0.4, -0.2) is 57.3 Å². The quantitative estimate of drug-likeness (QED) is 0.839. The molecule has 1 N–H and O–H groups in total. The number of para-hydroxylation sites is 2. The first-order valence-electron chi connectivity index (χ1n) is 8.74. The maximum absolute atomic E-state index is 12.5. The topological polar surface area (TPSA) is 71.1 Å². The number of rotatable bonds is 4. The molecule has 2 aromatic carbocycles. The average molecular weight is 369 g/mol. The van der Waals surface area contributed by atoms with Gasteiger partial charge in [0, 0.05) is 31.9 Å². The molecular weight excluding hydrogens is 346 g/mol. The van der Waals surface area contributed by atoms with E-state index >= 15 is 0 Å².